The number of oxazole rings is 1. The van der Waals surface area contributed by atoms with Gasteiger partial charge in [0, 0.05) is 13.0 Å². The van der Waals surface area contributed by atoms with E-state index in [1.165, 1.54) is 0 Å². The molecular weight excluding hydrogens is 190 g/mol. The maximum atomic E-state index is 10.4. The van der Waals surface area contributed by atoms with Crippen LogP contribution in [0.15, 0.2) is 10.7 Å². The van der Waals surface area contributed by atoms with Crippen molar-refractivity contribution in [1.29, 1.82) is 0 Å². The SMILES string of the molecule is NC(=O)CCNc1nc(C(=O)O)co1. The molecule has 0 fully saturated rings. The van der Waals surface area contributed by atoms with Gasteiger partial charge in [0.25, 0.3) is 6.01 Å². The van der Waals surface area contributed by atoms with Crippen LogP contribution >= 0.6 is 0 Å². The maximum Gasteiger partial charge on any atom is 0.357 e. The molecule has 0 atom stereocenters. The number of carbonyl (C=O) groups excluding carboxylic acids is 1. The van der Waals surface area contributed by atoms with E-state index in [1.54, 1.807) is 0 Å². The molecule has 1 aromatic rings. The Labute approximate surface area is 78.9 Å². The molecule has 0 bridgehead atoms. The van der Waals surface area contributed by atoms with Crippen molar-refractivity contribution in [2.24, 2.45) is 5.73 Å². The Morgan fingerprint density at radius 2 is 2.36 bits per heavy atom. The van der Waals surface area contributed by atoms with E-state index in [4.69, 9.17) is 15.3 Å². The van der Waals surface area contributed by atoms with Gasteiger partial charge < -0.3 is 20.6 Å². The van der Waals surface area contributed by atoms with Crippen LogP contribution < -0.4 is 11.1 Å². The number of carboxylic acid groups (broad SMARTS) is 1. The van der Waals surface area contributed by atoms with E-state index in [0.717, 1.165) is 6.26 Å². The number of hydrogen-bond acceptors (Lipinski definition) is 5. The smallest absolute Gasteiger partial charge is 0.357 e. The lowest BCUT2D eigenvalue weighted by molar-refractivity contribution is -0.117. The van der Waals surface area contributed by atoms with Crippen LogP contribution in [0.1, 0.15) is 16.9 Å². The zero-order valence-corrected chi connectivity index (χ0v) is 7.19. The Morgan fingerprint density at radius 1 is 1.64 bits per heavy atom. The minimum absolute atomic E-state index is 0.0589. The molecule has 0 aliphatic carbocycles. The molecule has 0 spiro atoms. The topological polar surface area (TPSA) is 118 Å². The molecule has 0 saturated heterocycles. The summed E-state index contributed by atoms with van der Waals surface area (Å²) in [6.45, 7) is 0.259. The second-order valence-electron chi connectivity index (χ2n) is 2.49. The average Bonchev–Trinajstić information content (AvgIpc) is 2.52. The van der Waals surface area contributed by atoms with Crippen LogP contribution in [-0.4, -0.2) is 28.5 Å². The fraction of sp³-hybridized carbons (Fsp3) is 0.286. The molecule has 7 nitrogen and oxygen atoms in total. The minimum Gasteiger partial charge on any atom is -0.476 e. The molecule has 76 valence electrons. The van der Waals surface area contributed by atoms with Gasteiger partial charge in [-0.2, -0.15) is 4.98 Å². The predicted molar refractivity (Wildman–Crippen MR) is 45.8 cm³/mol. The number of anilines is 1. The van der Waals surface area contributed by atoms with Crippen molar-refractivity contribution in [3.63, 3.8) is 0 Å². The molecule has 1 amide bonds. The van der Waals surface area contributed by atoms with E-state index in [1.807, 2.05) is 0 Å². The molecule has 1 heterocycles. The first kappa shape index (κ1) is 10.0. The molecule has 0 aliphatic heterocycles. The molecule has 7 heteroatoms. The molecule has 1 rings (SSSR count). The van der Waals surface area contributed by atoms with Gasteiger partial charge in [-0.05, 0) is 0 Å². The zero-order chi connectivity index (χ0) is 10.6. The van der Waals surface area contributed by atoms with E-state index in [9.17, 15) is 9.59 Å². The third kappa shape index (κ3) is 2.77. The number of carbonyl (C=O) groups is 2. The van der Waals surface area contributed by atoms with Gasteiger partial charge in [0.2, 0.25) is 5.91 Å². The lowest BCUT2D eigenvalue weighted by atomic mass is 10.4. The van der Waals surface area contributed by atoms with Crippen molar-refractivity contribution in [2.75, 3.05) is 11.9 Å². The summed E-state index contributed by atoms with van der Waals surface area (Å²) in [5.74, 6) is -1.63. The van der Waals surface area contributed by atoms with Gasteiger partial charge in [-0.25, -0.2) is 4.79 Å². The van der Waals surface area contributed by atoms with Gasteiger partial charge in [0.05, 0.1) is 0 Å². The number of amides is 1. The fourth-order valence-electron chi connectivity index (χ4n) is 0.746. The number of nitrogens with zero attached hydrogens (tertiary/aromatic N) is 1. The van der Waals surface area contributed by atoms with Crippen molar-refractivity contribution >= 4 is 17.9 Å². The Morgan fingerprint density at radius 3 is 2.86 bits per heavy atom. The second-order valence-corrected chi connectivity index (χ2v) is 2.49. The number of carboxylic acids is 1. The van der Waals surface area contributed by atoms with Crippen molar-refractivity contribution in [1.82, 2.24) is 4.98 Å². The van der Waals surface area contributed by atoms with Crippen LogP contribution in [-0.2, 0) is 4.79 Å². The highest BCUT2D eigenvalue weighted by Gasteiger charge is 2.09. The third-order valence-electron chi connectivity index (χ3n) is 1.37. The predicted octanol–water partition coefficient (Wildman–Crippen LogP) is -0.340. The summed E-state index contributed by atoms with van der Waals surface area (Å²) in [7, 11) is 0. The number of aromatic carboxylic acids is 1. The Bertz CT molecular complexity index is 346. The number of rotatable bonds is 5. The largest absolute Gasteiger partial charge is 0.476 e. The van der Waals surface area contributed by atoms with Crippen molar-refractivity contribution in [3.05, 3.63) is 12.0 Å². The van der Waals surface area contributed by atoms with Crippen LogP contribution in [0, 0.1) is 0 Å². The Hall–Kier alpha value is -2.05. The summed E-state index contributed by atoms with van der Waals surface area (Å²) >= 11 is 0. The number of nitrogens with two attached hydrogens (primary N) is 1. The zero-order valence-electron chi connectivity index (χ0n) is 7.19. The van der Waals surface area contributed by atoms with E-state index >= 15 is 0 Å². The molecule has 0 radical (unpaired) electrons. The van der Waals surface area contributed by atoms with Crippen molar-refractivity contribution < 1.29 is 19.1 Å². The Balaban J connectivity index is 2.44. The molecule has 0 unspecified atom stereocenters. The highest BCUT2D eigenvalue weighted by molar-refractivity contribution is 5.85. The highest BCUT2D eigenvalue weighted by Crippen LogP contribution is 2.06. The van der Waals surface area contributed by atoms with E-state index in [2.05, 4.69) is 10.3 Å². The average molecular weight is 199 g/mol. The molecule has 0 aromatic carbocycles. The van der Waals surface area contributed by atoms with Crippen LogP contribution in [0.3, 0.4) is 0 Å². The molecule has 1 aromatic heterocycles. The van der Waals surface area contributed by atoms with Crippen molar-refractivity contribution in [3.8, 4) is 0 Å². The first-order valence-electron chi connectivity index (χ1n) is 3.80. The summed E-state index contributed by atoms with van der Waals surface area (Å²) in [6.07, 6.45) is 1.14. The van der Waals surface area contributed by atoms with Crippen LogP contribution in [0.4, 0.5) is 6.01 Å². The van der Waals surface area contributed by atoms with Gasteiger partial charge in [-0.15, -0.1) is 0 Å². The van der Waals surface area contributed by atoms with Gasteiger partial charge in [0.15, 0.2) is 5.69 Å². The second kappa shape index (κ2) is 4.26. The van der Waals surface area contributed by atoms with Crippen LogP contribution in [0.2, 0.25) is 0 Å². The van der Waals surface area contributed by atoms with E-state index in [0.29, 0.717) is 0 Å². The summed E-state index contributed by atoms with van der Waals surface area (Å²) in [5.41, 5.74) is 4.70. The standard InChI is InChI=1S/C7H9N3O4/c8-5(11)1-2-9-7-10-4(3-14-7)6(12)13/h3H,1-2H2,(H2,8,11)(H,9,10)(H,12,13). The minimum atomic E-state index is -1.17. The van der Waals surface area contributed by atoms with Gasteiger partial charge in [0.1, 0.15) is 6.26 Å². The molecule has 14 heavy (non-hydrogen) atoms. The summed E-state index contributed by atoms with van der Waals surface area (Å²) < 4.78 is 4.75. The van der Waals surface area contributed by atoms with Gasteiger partial charge in [-0.3, -0.25) is 4.79 Å². The number of primary amides is 1. The summed E-state index contributed by atoms with van der Waals surface area (Å²) in [5, 5.41) is 11.1. The van der Waals surface area contributed by atoms with E-state index < -0.39 is 11.9 Å². The number of nitrogens with one attached hydrogen (secondary N) is 1. The first-order valence-corrected chi connectivity index (χ1v) is 3.80. The molecule has 4 N–H and O–H groups in total. The summed E-state index contributed by atoms with van der Waals surface area (Å²) in [4.78, 5) is 24.3. The normalized spacial score (nSPS) is 9.71. The van der Waals surface area contributed by atoms with Gasteiger partial charge >= 0.3 is 5.97 Å². The van der Waals surface area contributed by atoms with E-state index in [-0.39, 0.29) is 24.7 Å². The Kier molecular flexibility index (Phi) is 3.05. The lowest BCUT2D eigenvalue weighted by Gasteiger charge is -1.96. The molecule has 0 aliphatic rings. The maximum absolute atomic E-state index is 10.4. The first-order chi connectivity index (χ1) is 6.59. The highest BCUT2D eigenvalue weighted by atomic mass is 16.4. The quantitative estimate of drug-likeness (QED) is 0.596. The third-order valence-corrected chi connectivity index (χ3v) is 1.37. The van der Waals surface area contributed by atoms with Crippen LogP contribution in [0.5, 0.6) is 0 Å². The number of aromatic nitrogens is 1. The molecular formula is C7H9N3O4. The lowest BCUT2D eigenvalue weighted by Crippen LogP contribution is -2.15. The monoisotopic (exact) mass is 199 g/mol. The van der Waals surface area contributed by atoms with Crippen LogP contribution in [0.25, 0.3) is 0 Å². The summed E-state index contributed by atoms with van der Waals surface area (Å²) in [6, 6.07) is 0.0589. The fourth-order valence-corrected chi connectivity index (χ4v) is 0.746. The molecule has 0 saturated carbocycles. The number of hydrogen-bond donors (Lipinski definition) is 3. The van der Waals surface area contributed by atoms with Crippen molar-refractivity contribution in [2.45, 2.75) is 6.42 Å². The van der Waals surface area contributed by atoms with Gasteiger partial charge in [-0.1, -0.05) is 0 Å².